The first-order chi connectivity index (χ1) is 2.27. The third-order valence-corrected chi connectivity index (χ3v) is 0.175. The molecule has 0 aromatic rings. The molecule has 0 amide bonds. The Balaban J connectivity index is 0. The van der Waals surface area contributed by atoms with Gasteiger partial charge in [-0.25, -0.2) is 4.79 Å². The van der Waals surface area contributed by atoms with Crippen LogP contribution in [0.5, 0.6) is 0 Å². The van der Waals surface area contributed by atoms with E-state index < -0.39 is 5.97 Å². The molecule has 0 saturated carbocycles. The van der Waals surface area contributed by atoms with Crippen molar-refractivity contribution in [3.8, 4) is 0 Å². The Kier molecular flexibility index (Phi) is 7.26. The Labute approximate surface area is 46.3 Å². The summed E-state index contributed by atoms with van der Waals surface area (Å²) in [5, 5.41) is 7.60. The van der Waals surface area contributed by atoms with Crippen molar-refractivity contribution in [3.63, 3.8) is 0 Å². The van der Waals surface area contributed by atoms with Crippen molar-refractivity contribution < 1.29 is 27.0 Å². The maximum Gasteiger partial charge on any atom is 0.327 e. The van der Waals surface area contributed by atoms with E-state index in [0.717, 1.165) is 6.08 Å². The van der Waals surface area contributed by atoms with Crippen LogP contribution in [-0.2, 0) is 21.9 Å². The van der Waals surface area contributed by atoms with Gasteiger partial charge in [0.2, 0.25) is 0 Å². The maximum atomic E-state index is 9.25. The smallest absolute Gasteiger partial charge is 0.327 e. The zero-order valence-electron chi connectivity index (χ0n) is 2.99. The van der Waals surface area contributed by atoms with Crippen LogP contribution in [0.15, 0.2) is 12.7 Å². The van der Waals surface area contributed by atoms with Crippen molar-refractivity contribution in [1.82, 2.24) is 0 Å². The predicted molar refractivity (Wildman–Crippen MR) is 17.8 cm³/mol. The molecule has 0 heterocycles. The van der Waals surface area contributed by atoms with Gasteiger partial charge in [0.1, 0.15) is 0 Å². The van der Waals surface area contributed by atoms with E-state index in [-0.39, 0.29) is 17.1 Å². The van der Waals surface area contributed by atoms with Crippen LogP contribution in [0, 0.1) is 0 Å². The first-order valence-electron chi connectivity index (χ1n) is 1.12. The second kappa shape index (κ2) is 4.73. The summed E-state index contributed by atoms with van der Waals surface area (Å²) >= 11 is 0. The summed E-state index contributed by atoms with van der Waals surface area (Å²) in [6, 6.07) is 0. The summed E-state index contributed by atoms with van der Waals surface area (Å²) in [6.07, 6.45) is 0.833. The van der Waals surface area contributed by atoms with Crippen LogP contribution in [0.3, 0.4) is 0 Å². The number of hydrogen-bond acceptors (Lipinski definition) is 1. The van der Waals surface area contributed by atoms with Crippen LogP contribution in [0.4, 0.5) is 0 Å². The summed E-state index contributed by atoms with van der Waals surface area (Å²) in [5.74, 6) is -0.981. The second-order valence-electron chi connectivity index (χ2n) is 0.542. The zero-order valence-corrected chi connectivity index (χ0v) is 4.10. The molecule has 3 heteroatoms. The van der Waals surface area contributed by atoms with Crippen LogP contribution in [0.1, 0.15) is 0 Å². The molecule has 0 aliphatic carbocycles. The molecule has 0 radical (unpaired) electrons. The molecule has 0 spiro atoms. The first-order valence-corrected chi connectivity index (χ1v) is 1.12. The van der Waals surface area contributed by atoms with E-state index in [1.54, 1.807) is 0 Å². The minimum Gasteiger partial charge on any atom is -0.478 e. The quantitative estimate of drug-likeness (QED) is 0.406. The van der Waals surface area contributed by atoms with E-state index >= 15 is 0 Å². The Bertz CT molecular complexity index is 59.8. The SMILES string of the molecule is C=CC(=O)O.[Fe]. The molecule has 0 aliphatic heterocycles. The molecule has 0 atom stereocenters. The molecular formula is C3H4FeO2. The molecule has 1 N–H and O–H groups in total. The van der Waals surface area contributed by atoms with Gasteiger partial charge in [0, 0.05) is 23.1 Å². The van der Waals surface area contributed by atoms with Crippen molar-refractivity contribution in [3.05, 3.63) is 12.7 Å². The van der Waals surface area contributed by atoms with Crippen LogP contribution in [0.2, 0.25) is 0 Å². The van der Waals surface area contributed by atoms with Gasteiger partial charge < -0.3 is 5.11 Å². The monoisotopic (exact) mass is 128 g/mol. The number of hydrogen-bond donors (Lipinski definition) is 1. The van der Waals surface area contributed by atoms with Crippen LogP contribution < -0.4 is 0 Å². The van der Waals surface area contributed by atoms with E-state index in [0.29, 0.717) is 0 Å². The number of aliphatic carboxylic acids is 1. The molecule has 6 heavy (non-hydrogen) atoms. The Hall–Kier alpha value is -0.271. The number of carboxylic acid groups (broad SMARTS) is 1. The number of carbonyl (C=O) groups is 1. The molecule has 0 rings (SSSR count). The van der Waals surface area contributed by atoms with Gasteiger partial charge in [-0.3, -0.25) is 0 Å². The van der Waals surface area contributed by atoms with Gasteiger partial charge in [0.15, 0.2) is 0 Å². The molecular weight excluding hydrogens is 124 g/mol. The summed E-state index contributed by atoms with van der Waals surface area (Å²) in [7, 11) is 0. The van der Waals surface area contributed by atoms with Crippen LogP contribution >= 0.6 is 0 Å². The van der Waals surface area contributed by atoms with Gasteiger partial charge in [-0.15, -0.1) is 0 Å². The van der Waals surface area contributed by atoms with Crippen molar-refractivity contribution in [1.29, 1.82) is 0 Å². The minimum absolute atomic E-state index is 0. The van der Waals surface area contributed by atoms with E-state index in [9.17, 15) is 4.79 Å². The standard InChI is InChI=1S/C3H4O2.Fe/c1-2-3(4)5;/h2H,1H2,(H,4,5);. The average Bonchev–Trinajstić information content (AvgIpc) is 1.38. The number of rotatable bonds is 1. The van der Waals surface area contributed by atoms with E-state index in [2.05, 4.69) is 6.58 Å². The van der Waals surface area contributed by atoms with Gasteiger partial charge in [0.05, 0.1) is 0 Å². The Morgan fingerprint density at radius 3 is 2.00 bits per heavy atom. The van der Waals surface area contributed by atoms with E-state index in [4.69, 9.17) is 5.11 Å². The zero-order chi connectivity index (χ0) is 4.28. The molecule has 36 valence electrons. The molecule has 0 unspecified atom stereocenters. The largest absolute Gasteiger partial charge is 0.478 e. The molecule has 0 aliphatic rings. The Morgan fingerprint density at radius 1 is 1.83 bits per heavy atom. The van der Waals surface area contributed by atoms with E-state index in [1.165, 1.54) is 0 Å². The first kappa shape index (κ1) is 9.21. The summed E-state index contributed by atoms with van der Waals surface area (Å²) in [4.78, 5) is 9.25. The van der Waals surface area contributed by atoms with Gasteiger partial charge in [-0.05, 0) is 0 Å². The topological polar surface area (TPSA) is 37.3 Å². The summed E-state index contributed by atoms with van der Waals surface area (Å²) < 4.78 is 0. The maximum absolute atomic E-state index is 9.25. The predicted octanol–water partition coefficient (Wildman–Crippen LogP) is 0.254. The van der Waals surface area contributed by atoms with E-state index in [1.807, 2.05) is 0 Å². The van der Waals surface area contributed by atoms with Gasteiger partial charge in [-0.1, -0.05) is 6.58 Å². The Morgan fingerprint density at radius 2 is 2.00 bits per heavy atom. The second-order valence-corrected chi connectivity index (χ2v) is 0.542. The molecule has 0 bridgehead atoms. The number of carboxylic acids is 1. The van der Waals surface area contributed by atoms with Crippen molar-refractivity contribution in [2.75, 3.05) is 0 Å². The van der Waals surface area contributed by atoms with Crippen molar-refractivity contribution in [2.24, 2.45) is 0 Å². The fourth-order valence-electron chi connectivity index (χ4n) is 0. The summed E-state index contributed by atoms with van der Waals surface area (Å²) in [6.45, 7) is 2.96. The van der Waals surface area contributed by atoms with Crippen molar-refractivity contribution >= 4 is 5.97 Å². The van der Waals surface area contributed by atoms with Gasteiger partial charge in [0.25, 0.3) is 0 Å². The van der Waals surface area contributed by atoms with Crippen LogP contribution in [0.25, 0.3) is 0 Å². The van der Waals surface area contributed by atoms with Gasteiger partial charge >= 0.3 is 5.97 Å². The molecule has 0 aromatic carbocycles. The van der Waals surface area contributed by atoms with Gasteiger partial charge in [-0.2, -0.15) is 0 Å². The minimum atomic E-state index is -0.981. The fourth-order valence-corrected chi connectivity index (χ4v) is 0. The molecule has 0 saturated heterocycles. The molecule has 0 aromatic heterocycles. The van der Waals surface area contributed by atoms with Crippen LogP contribution in [-0.4, -0.2) is 11.1 Å². The van der Waals surface area contributed by atoms with Crippen molar-refractivity contribution in [2.45, 2.75) is 0 Å². The fraction of sp³-hybridized carbons (Fsp3) is 0. The normalized spacial score (nSPS) is 5.33. The average molecular weight is 128 g/mol. The molecule has 2 nitrogen and oxygen atoms in total. The molecule has 0 fully saturated rings. The third kappa shape index (κ3) is 9.29. The third-order valence-electron chi connectivity index (χ3n) is 0.175. The summed E-state index contributed by atoms with van der Waals surface area (Å²) in [5.41, 5.74) is 0.